The van der Waals surface area contributed by atoms with Gasteiger partial charge in [0.15, 0.2) is 0 Å². The molecule has 42 heavy (non-hydrogen) atoms. The molecule has 0 bridgehead atoms. The lowest BCUT2D eigenvalue weighted by atomic mass is 10.1. The van der Waals surface area contributed by atoms with Crippen LogP contribution in [0.3, 0.4) is 0 Å². The van der Waals surface area contributed by atoms with Gasteiger partial charge in [0.1, 0.15) is 0 Å². The molecule has 236 valence electrons. The fourth-order valence-electron chi connectivity index (χ4n) is 3.02. The van der Waals surface area contributed by atoms with Crippen LogP contribution in [-0.2, 0) is 23.8 Å². The minimum atomic E-state index is -0.902. The molecule has 0 N–H and O–H groups in total. The molecule has 1 aliphatic rings. The van der Waals surface area contributed by atoms with Crippen LogP contribution in [0.5, 0.6) is 0 Å². The molecule has 0 spiro atoms. The van der Waals surface area contributed by atoms with Crippen LogP contribution < -0.4 is 0 Å². The average molecular weight is 607 g/mol. The van der Waals surface area contributed by atoms with E-state index in [9.17, 15) is 19.2 Å². The van der Waals surface area contributed by atoms with Crippen molar-refractivity contribution < 1.29 is 33.4 Å². The number of azo groups is 1. The van der Waals surface area contributed by atoms with Crippen molar-refractivity contribution in [1.82, 2.24) is 0 Å². The molecule has 2 amide bonds. The Morgan fingerprint density at radius 3 is 1.48 bits per heavy atom. The van der Waals surface area contributed by atoms with E-state index < -0.39 is 24.1 Å². The molecule has 0 fully saturated rings. The summed E-state index contributed by atoms with van der Waals surface area (Å²) in [5.41, 5.74) is 1.17. The Kier molecular flexibility index (Phi) is 28.4. The first-order valence-electron chi connectivity index (χ1n) is 14.6. The number of rotatable bonds is 13. The predicted molar refractivity (Wildman–Crippen MR) is 171 cm³/mol. The number of amides is 2. The van der Waals surface area contributed by atoms with Crippen molar-refractivity contribution in [1.29, 1.82) is 0 Å². The van der Waals surface area contributed by atoms with E-state index in [1.807, 2.05) is 36.4 Å². The van der Waals surface area contributed by atoms with E-state index in [-0.39, 0.29) is 12.2 Å². The summed E-state index contributed by atoms with van der Waals surface area (Å²) in [6.45, 7) is 12.6. The lowest BCUT2D eigenvalue weighted by molar-refractivity contribution is -0.150. The number of unbranched alkanes of at least 4 members (excludes halogenated alkanes) is 9. The van der Waals surface area contributed by atoms with E-state index in [1.165, 1.54) is 69.8 Å². The molecule has 1 aliphatic heterocycles. The van der Waals surface area contributed by atoms with Crippen LogP contribution in [0.4, 0.5) is 9.59 Å². The second kappa shape index (κ2) is 29.2. The van der Waals surface area contributed by atoms with E-state index in [1.54, 1.807) is 27.7 Å². The van der Waals surface area contributed by atoms with E-state index in [2.05, 4.69) is 50.6 Å². The summed E-state index contributed by atoms with van der Waals surface area (Å²) < 4.78 is 13.2. The molecular weight excluding hydrogens is 556 g/mol. The van der Waals surface area contributed by atoms with Gasteiger partial charge in [-0.2, -0.15) is 12.6 Å². The van der Waals surface area contributed by atoms with Gasteiger partial charge in [0.05, 0.1) is 12.2 Å². The van der Waals surface area contributed by atoms with Crippen LogP contribution in [0, 0.1) is 0 Å². The molecule has 0 unspecified atom stereocenters. The van der Waals surface area contributed by atoms with Crippen LogP contribution in [0.1, 0.15) is 104 Å². The van der Waals surface area contributed by atoms with E-state index in [0.29, 0.717) is 0 Å². The Bertz CT molecular complexity index is 882. The number of cyclic esters (lactones) is 2. The summed E-state index contributed by atoms with van der Waals surface area (Å²) in [6, 6.07) is 10.0. The standard InChI is InChI=1S/C12H26S.C8H14N2O4.C8H8.C4H2O3/c1-2-3-4-5-6-7-8-9-10-11-12-13;1-5(2)13-7(11)9-10-8(12)14-6(3)4;1-2-8-6-4-3-5-7-8;5-3-1-2-4(6)7-3/h13H,2-12H2,1H3;5-6H,1-4H3;2-7H,1H2;1-2H. The molecule has 10 heteroatoms. The largest absolute Gasteiger partial charge is 0.452 e. The molecule has 0 aromatic heterocycles. The maximum atomic E-state index is 10.8. The van der Waals surface area contributed by atoms with Gasteiger partial charge >= 0.3 is 24.1 Å². The monoisotopic (exact) mass is 606 g/mol. The van der Waals surface area contributed by atoms with Gasteiger partial charge in [0.25, 0.3) is 0 Å². The van der Waals surface area contributed by atoms with Crippen molar-refractivity contribution in [2.24, 2.45) is 10.2 Å². The van der Waals surface area contributed by atoms with Gasteiger partial charge in [0, 0.05) is 12.2 Å². The molecule has 1 aromatic rings. The number of hydrogen-bond acceptors (Lipinski definition) is 8. The zero-order valence-electron chi connectivity index (χ0n) is 26.0. The molecule has 0 saturated heterocycles. The average Bonchev–Trinajstić information content (AvgIpc) is 3.34. The van der Waals surface area contributed by atoms with Gasteiger partial charge in [0.2, 0.25) is 0 Å². The molecule has 2 rings (SSSR count). The fourth-order valence-corrected chi connectivity index (χ4v) is 3.25. The summed E-state index contributed by atoms with van der Waals surface area (Å²) in [5.74, 6) is -0.0914. The lowest BCUT2D eigenvalue weighted by Crippen LogP contribution is -2.09. The first-order chi connectivity index (χ1) is 20.0. The third kappa shape index (κ3) is 31.3. The molecule has 0 radical (unpaired) electrons. The molecule has 0 atom stereocenters. The molecule has 1 heterocycles. The maximum Gasteiger partial charge on any atom is 0.452 e. The summed E-state index contributed by atoms with van der Waals surface area (Å²) >= 11 is 4.20. The number of carbonyl (C=O) groups is 4. The van der Waals surface area contributed by atoms with Gasteiger partial charge in [-0.05, 0) is 45.4 Å². The predicted octanol–water partition coefficient (Wildman–Crippen LogP) is 9.32. The highest BCUT2D eigenvalue weighted by molar-refractivity contribution is 7.80. The van der Waals surface area contributed by atoms with Gasteiger partial charge in [-0.3, -0.25) is 0 Å². The molecule has 0 saturated carbocycles. The minimum absolute atomic E-state index is 0.289. The number of nitrogens with zero attached hydrogens (tertiary/aromatic N) is 2. The summed E-state index contributed by atoms with van der Waals surface area (Å²) in [5, 5.41) is 6.01. The van der Waals surface area contributed by atoms with Crippen molar-refractivity contribution in [3.8, 4) is 0 Å². The lowest BCUT2D eigenvalue weighted by Gasteiger charge is -2.03. The molecule has 9 nitrogen and oxygen atoms in total. The second-order valence-corrected chi connectivity index (χ2v) is 10.1. The Hall–Kier alpha value is -3.27. The van der Waals surface area contributed by atoms with Crippen LogP contribution in [-0.4, -0.2) is 42.1 Å². The third-order valence-electron chi connectivity index (χ3n) is 4.99. The zero-order chi connectivity index (χ0) is 32.0. The van der Waals surface area contributed by atoms with Crippen LogP contribution in [0.2, 0.25) is 0 Å². The summed E-state index contributed by atoms with van der Waals surface area (Å²) in [6.07, 6.45) is 15.8. The molecular formula is C32H50N2O7S. The topological polar surface area (TPSA) is 121 Å². The first kappa shape index (κ1) is 40.9. The van der Waals surface area contributed by atoms with Crippen LogP contribution in [0.15, 0.2) is 59.3 Å². The Labute approximate surface area is 257 Å². The number of carbonyl (C=O) groups excluding carboxylic acids is 4. The highest BCUT2D eigenvalue weighted by Gasteiger charge is 2.10. The summed E-state index contributed by atoms with van der Waals surface area (Å²) in [7, 11) is 0. The quantitative estimate of drug-likeness (QED) is 0.0593. The smallest absolute Gasteiger partial charge is 0.444 e. The molecule has 0 aliphatic carbocycles. The number of benzene rings is 1. The van der Waals surface area contributed by atoms with Gasteiger partial charge < -0.3 is 14.2 Å². The van der Waals surface area contributed by atoms with E-state index >= 15 is 0 Å². The second-order valence-electron chi connectivity index (χ2n) is 9.66. The number of hydrogen-bond donors (Lipinski definition) is 1. The normalized spacial score (nSPS) is 11.5. The maximum absolute atomic E-state index is 10.8. The van der Waals surface area contributed by atoms with E-state index in [4.69, 9.17) is 0 Å². The fraction of sp³-hybridized carbons (Fsp3) is 0.562. The van der Waals surface area contributed by atoms with Crippen molar-refractivity contribution in [3.63, 3.8) is 0 Å². The van der Waals surface area contributed by atoms with E-state index in [0.717, 1.165) is 17.9 Å². The van der Waals surface area contributed by atoms with Crippen LogP contribution in [0.25, 0.3) is 6.08 Å². The van der Waals surface area contributed by atoms with Crippen molar-refractivity contribution >= 4 is 42.8 Å². The van der Waals surface area contributed by atoms with Crippen LogP contribution >= 0.6 is 12.6 Å². The Balaban J connectivity index is 0. The molecule has 1 aromatic carbocycles. The number of thiol groups is 1. The minimum Gasteiger partial charge on any atom is -0.444 e. The van der Waals surface area contributed by atoms with Crippen molar-refractivity contribution in [2.75, 3.05) is 5.75 Å². The van der Waals surface area contributed by atoms with Gasteiger partial charge in [-0.25, -0.2) is 19.2 Å². The first-order valence-corrected chi connectivity index (χ1v) is 15.2. The Morgan fingerprint density at radius 2 is 1.19 bits per heavy atom. The number of esters is 2. The highest BCUT2D eigenvalue weighted by atomic mass is 32.1. The SMILES string of the molecule is C=Cc1ccccc1.CC(C)OC(=O)N=NC(=O)OC(C)C.CCCCCCCCCCCCS.O=C1C=CC(=O)O1. The third-order valence-corrected chi connectivity index (χ3v) is 5.31. The number of ether oxygens (including phenoxy) is 3. The van der Waals surface area contributed by atoms with Gasteiger partial charge in [-0.15, -0.1) is 0 Å². The zero-order valence-corrected chi connectivity index (χ0v) is 26.9. The summed E-state index contributed by atoms with van der Waals surface area (Å²) in [4.78, 5) is 41.4. The Morgan fingerprint density at radius 1 is 0.786 bits per heavy atom. The van der Waals surface area contributed by atoms with Crippen molar-refractivity contribution in [2.45, 2.75) is 111 Å². The van der Waals surface area contributed by atoms with Gasteiger partial charge in [-0.1, -0.05) is 118 Å². The highest BCUT2D eigenvalue weighted by Crippen LogP contribution is 2.10. The van der Waals surface area contributed by atoms with Crippen molar-refractivity contribution in [3.05, 3.63) is 54.6 Å².